The molecule has 0 unspecified atom stereocenters. The smallest absolute Gasteiger partial charge is 0.316 e. The highest BCUT2D eigenvalue weighted by Gasteiger charge is 2.17. The molecule has 0 aliphatic carbocycles. The molecule has 0 saturated carbocycles. The van der Waals surface area contributed by atoms with E-state index in [-0.39, 0.29) is 17.5 Å². The zero-order valence-corrected chi connectivity index (χ0v) is 12.0. The molecule has 0 radical (unpaired) electrons. The Morgan fingerprint density at radius 3 is 2.74 bits per heavy atom. The van der Waals surface area contributed by atoms with E-state index in [0.717, 1.165) is 0 Å². The molecule has 6 nitrogen and oxygen atoms in total. The Morgan fingerprint density at radius 2 is 2.16 bits per heavy atom. The van der Waals surface area contributed by atoms with Crippen LogP contribution < -0.4 is 11.3 Å². The quantitative estimate of drug-likeness (QED) is 0.368. The van der Waals surface area contributed by atoms with Crippen molar-refractivity contribution in [1.29, 1.82) is 0 Å². The van der Waals surface area contributed by atoms with Gasteiger partial charge in [-0.3, -0.25) is 15.0 Å². The minimum atomic E-state index is -0.488. The molecule has 0 saturated heterocycles. The Bertz CT molecular complexity index is 451. The third-order valence-electron chi connectivity index (χ3n) is 1.98. The van der Waals surface area contributed by atoms with Crippen LogP contribution in [0.2, 0.25) is 0 Å². The highest BCUT2D eigenvalue weighted by atomic mass is 32.2. The molecule has 1 rings (SSSR count). The van der Waals surface area contributed by atoms with E-state index < -0.39 is 11.5 Å². The maximum atomic E-state index is 11.5. The van der Waals surface area contributed by atoms with Gasteiger partial charge in [0.1, 0.15) is 5.60 Å². The second kappa shape index (κ2) is 6.63. The van der Waals surface area contributed by atoms with E-state index >= 15 is 0 Å². The standard InChI is InChI=1S/C12H18N2O4S/c1-12(2,3)18-9(15)7-19-6-8-4-5-17-10(8)11(16)14-13/h4-5H,6-7,13H2,1-3H3,(H,14,16). The van der Waals surface area contributed by atoms with Crippen LogP contribution in [0.1, 0.15) is 36.9 Å². The number of hydrazine groups is 1. The topological polar surface area (TPSA) is 94.6 Å². The molecule has 1 amide bonds. The van der Waals surface area contributed by atoms with Crippen molar-refractivity contribution < 1.29 is 18.7 Å². The summed E-state index contributed by atoms with van der Waals surface area (Å²) >= 11 is 1.35. The van der Waals surface area contributed by atoms with E-state index in [1.165, 1.54) is 18.0 Å². The lowest BCUT2D eigenvalue weighted by Gasteiger charge is -2.19. The average Bonchev–Trinajstić information content (AvgIpc) is 2.74. The minimum Gasteiger partial charge on any atom is -0.459 e. The van der Waals surface area contributed by atoms with Gasteiger partial charge in [-0.1, -0.05) is 0 Å². The number of furan rings is 1. The minimum absolute atomic E-state index is 0.166. The van der Waals surface area contributed by atoms with Crippen LogP contribution in [0, 0.1) is 0 Å². The molecule has 3 N–H and O–H groups in total. The number of carbonyl (C=O) groups excluding carboxylic acids is 2. The summed E-state index contributed by atoms with van der Waals surface area (Å²) in [6.07, 6.45) is 1.41. The molecule has 0 bridgehead atoms. The lowest BCUT2D eigenvalue weighted by Crippen LogP contribution is -2.30. The molecular weight excluding hydrogens is 268 g/mol. The second-order valence-corrected chi connectivity index (χ2v) is 5.81. The molecular formula is C12H18N2O4S. The SMILES string of the molecule is CC(C)(C)OC(=O)CSCc1ccoc1C(=O)NN. The number of nitrogens with one attached hydrogen (secondary N) is 1. The van der Waals surface area contributed by atoms with Crippen LogP contribution in [0.4, 0.5) is 0 Å². The Hall–Kier alpha value is -1.47. The molecule has 0 aliphatic heterocycles. The van der Waals surface area contributed by atoms with Crippen LogP contribution in [0.3, 0.4) is 0 Å². The fourth-order valence-corrected chi connectivity index (χ4v) is 2.10. The Morgan fingerprint density at radius 1 is 1.47 bits per heavy atom. The molecule has 1 aromatic rings. The van der Waals surface area contributed by atoms with Crippen molar-refractivity contribution in [1.82, 2.24) is 5.43 Å². The number of amides is 1. The van der Waals surface area contributed by atoms with Crippen molar-refractivity contribution in [2.24, 2.45) is 5.84 Å². The molecule has 0 atom stereocenters. The van der Waals surface area contributed by atoms with E-state index in [9.17, 15) is 9.59 Å². The first-order valence-electron chi connectivity index (χ1n) is 5.70. The van der Waals surface area contributed by atoms with Crippen molar-refractivity contribution >= 4 is 23.6 Å². The molecule has 19 heavy (non-hydrogen) atoms. The van der Waals surface area contributed by atoms with Crippen molar-refractivity contribution in [2.75, 3.05) is 5.75 Å². The van der Waals surface area contributed by atoms with E-state index in [4.69, 9.17) is 15.0 Å². The fraction of sp³-hybridized carbons (Fsp3) is 0.500. The second-order valence-electron chi connectivity index (χ2n) is 4.83. The van der Waals surface area contributed by atoms with Gasteiger partial charge < -0.3 is 9.15 Å². The first-order chi connectivity index (χ1) is 8.83. The van der Waals surface area contributed by atoms with Crippen LogP contribution in [-0.2, 0) is 15.3 Å². The largest absolute Gasteiger partial charge is 0.459 e. The van der Waals surface area contributed by atoms with Crippen LogP contribution in [-0.4, -0.2) is 23.2 Å². The number of rotatable bonds is 5. The van der Waals surface area contributed by atoms with E-state index in [0.29, 0.717) is 11.3 Å². The van der Waals surface area contributed by atoms with Crippen LogP contribution >= 0.6 is 11.8 Å². The van der Waals surface area contributed by atoms with Gasteiger partial charge in [-0.05, 0) is 26.8 Å². The summed E-state index contributed by atoms with van der Waals surface area (Å²) in [5.74, 6) is 5.11. The molecule has 0 aromatic carbocycles. The van der Waals surface area contributed by atoms with Gasteiger partial charge in [-0.2, -0.15) is 0 Å². The van der Waals surface area contributed by atoms with Crippen LogP contribution in [0.5, 0.6) is 0 Å². The third-order valence-corrected chi connectivity index (χ3v) is 2.94. The lowest BCUT2D eigenvalue weighted by molar-refractivity contribution is -0.151. The lowest BCUT2D eigenvalue weighted by atomic mass is 10.2. The van der Waals surface area contributed by atoms with Gasteiger partial charge >= 0.3 is 11.9 Å². The van der Waals surface area contributed by atoms with E-state index in [1.807, 2.05) is 26.2 Å². The summed E-state index contributed by atoms with van der Waals surface area (Å²) in [7, 11) is 0. The molecule has 1 heterocycles. The summed E-state index contributed by atoms with van der Waals surface area (Å²) in [4.78, 5) is 22.8. The number of nitrogens with two attached hydrogens (primary N) is 1. The predicted octanol–water partition coefficient (Wildman–Crippen LogP) is 1.46. The van der Waals surface area contributed by atoms with Gasteiger partial charge in [0.05, 0.1) is 12.0 Å². The van der Waals surface area contributed by atoms with Gasteiger partial charge in [0, 0.05) is 11.3 Å². The van der Waals surface area contributed by atoms with Gasteiger partial charge in [-0.15, -0.1) is 11.8 Å². The Kier molecular flexibility index (Phi) is 5.44. The summed E-state index contributed by atoms with van der Waals surface area (Å²) in [5.41, 5.74) is 2.21. The number of esters is 1. The normalized spacial score (nSPS) is 11.2. The van der Waals surface area contributed by atoms with Gasteiger partial charge in [0.2, 0.25) is 0 Å². The average molecular weight is 286 g/mol. The Balaban J connectivity index is 2.44. The summed E-state index contributed by atoms with van der Waals surface area (Å²) < 4.78 is 10.2. The molecule has 106 valence electrons. The first kappa shape index (κ1) is 15.6. The predicted molar refractivity (Wildman–Crippen MR) is 72.4 cm³/mol. The maximum absolute atomic E-state index is 11.5. The number of thioether (sulfide) groups is 1. The number of hydrogen-bond acceptors (Lipinski definition) is 6. The Labute approximate surface area is 116 Å². The molecule has 7 heteroatoms. The highest BCUT2D eigenvalue weighted by Crippen LogP contribution is 2.18. The first-order valence-corrected chi connectivity index (χ1v) is 6.86. The van der Waals surface area contributed by atoms with Crippen molar-refractivity contribution in [3.05, 3.63) is 23.7 Å². The molecule has 0 spiro atoms. The van der Waals surface area contributed by atoms with Crippen LogP contribution in [0.15, 0.2) is 16.7 Å². The maximum Gasteiger partial charge on any atom is 0.316 e. The van der Waals surface area contributed by atoms with Crippen molar-refractivity contribution in [2.45, 2.75) is 32.1 Å². The van der Waals surface area contributed by atoms with E-state index in [2.05, 4.69) is 0 Å². The fourth-order valence-electron chi connectivity index (χ4n) is 1.33. The number of ether oxygens (including phenoxy) is 1. The van der Waals surface area contributed by atoms with Crippen LogP contribution in [0.25, 0.3) is 0 Å². The molecule has 1 aromatic heterocycles. The van der Waals surface area contributed by atoms with Crippen molar-refractivity contribution in [3.8, 4) is 0 Å². The highest BCUT2D eigenvalue weighted by molar-refractivity contribution is 7.99. The number of carbonyl (C=O) groups is 2. The summed E-state index contributed by atoms with van der Waals surface area (Å²) in [5, 5.41) is 0. The van der Waals surface area contributed by atoms with Gasteiger partial charge in [-0.25, -0.2) is 5.84 Å². The van der Waals surface area contributed by atoms with Crippen molar-refractivity contribution in [3.63, 3.8) is 0 Å². The van der Waals surface area contributed by atoms with Gasteiger partial charge in [0.25, 0.3) is 0 Å². The number of nitrogen functional groups attached to an aromatic ring is 1. The monoisotopic (exact) mass is 286 g/mol. The zero-order valence-electron chi connectivity index (χ0n) is 11.2. The summed E-state index contributed by atoms with van der Waals surface area (Å²) in [6, 6.07) is 1.67. The zero-order chi connectivity index (χ0) is 14.5. The third kappa shape index (κ3) is 5.35. The van der Waals surface area contributed by atoms with E-state index in [1.54, 1.807) is 6.07 Å². The summed E-state index contributed by atoms with van der Waals surface area (Å²) in [6.45, 7) is 5.44. The van der Waals surface area contributed by atoms with Gasteiger partial charge in [0.15, 0.2) is 5.76 Å². The molecule has 0 aliphatic rings. The molecule has 0 fully saturated rings. The number of hydrogen-bond donors (Lipinski definition) is 2.